The largest absolute Gasteiger partial charge is 0.480 e. The molecule has 0 aliphatic carbocycles. The third kappa shape index (κ3) is 6.15. The van der Waals surface area contributed by atoms with Crippen molar-refractivity contribution in [3.05, 3.63) is 114 Å². The Bertz CT molecular complexity index is 1220. The number of aliphatic imine (C=N–C) groups is 1. The Balaban J connectivity index is 1.64. The lowest BCUT2D eigenvalue weighted by Crippen LogP contribution is -2.39. The number of carbonyl (C=O) groups excluding carboxylic acids is 1. The standard InChI is InChI=1S/C30H31N3O3/c1-2-12-26(30(35)36)31-28(23-15-7-4-8-16-23)24-17-9-10-18-25(24)32-29(34)27-19-11-20-33(27)21-22-13-5-3-6-14-22/h2-10,13-18,26-27H,1,11-12,19-21H2,(H,32,34)(H,35,36)/t26-,27?/m0/s1. The number of para-hydroxylation sites is 1. The van der Waals surface area contributed by atoms with Gasteiger partial charge in [-0.1, -0.05) is 84.9 Å². The third-order valence-corrected chi connectivity index (χ3v) is 6.34. The zero-order chi connectivity index (χ0) is 25.3. The topological polar surface area (TPSA) is 82.0 Å². The van der Waals surface area contributed by atoms with Crippen LogP contribution >= 0.6 is 0 Å². The van der Waals surface area contributed by atoms with Crippen molar-refractivity contribution >= 4 is 23.3 Å². The molecule has 1 amide bonds. The number of carboxylic acid groups (broad SMARTS) is 1. The molecule has 1 unspecified atom stereocenters. The van der Waals surface area contributed by atoms with Crippen molar-refractivity contribution in [2.45, 2.75) is 37.9 Å². The van der Waals surface area contributed by atoms with Crippen LogP contribution < -0.4 is 5.32 Å². The molecule has 1 fully saturated rings. The van der Waals surface area contributed by atoms with Crippen molar-refractivity contribution < 1.29 is 14.7 Å². The number of anilines is 1. The van der Waals surface area contributed by atoms with Gasteiger partial charge >= 0.3 is 5.97 Å². The van der Waals surface area contributed by atoms with E-state index in [9.17, 15) is 14.7 Å². The number of hydrogen-bond acceptors (Lipinski definition) is 4. The van der Waals surface area contributed by atoms with Crippen LogP contribution in [0, 0.1) is 0 Å². The van der Waals surface area contributed by atoms with Gasteiger partial charge in [-0.25, -0.2) is 4.79 Å². The van der Waals surface area contributed by atoms with Gasteiger partial charge in [0.05, 0.1) is 17.4 Å². The molecule has 3 aromatic carbocycles. The first-order valence-corrected chi connectivity index (χ1v) is 12.2. The Hall–Kier alpha value is -4.03. The monoisotopic (exact) mass is 481 g/mol. The second kappa shape index (κ2) is 12.1. The molecule has 0 bridgehead atoms. The summed E-state index contributed by atoms with van der Waals surface area (Å²) in [5.41, 5.74) is 3.77. The van der Waals surface area contributed by atoms with E-state index < -0.39 is 12.0 Å². The number of nitrogens with one attached hydrogen (secondary N) is 1. The normalized spacial score (nSPS) is 16.9. The van der Waals surface area contributed by atoms with Gasteiger partial charge in [0.2, 0.25) is 5.91 Å². The number of amides is 1. The molecule has 4 rings (SSSR count). The van der Waals surface area contributed by atoms with Crippen LogP contribution in [0.4, 0.5) is 5.69 Å². The second-order valence-corrected chi connectivity index (χ2v) is 8.87. The van der Waals surface area contributed by atoms with E-state index in [0.29, 0.717) is 17.0 Å². The van der Waals surface area contributed by atoms with Crippen LogP contribution in [0.15, 0.2) is 103 Å². The number of benzene rings is 3. The van der Waals surface area contributed by atoms with Crippen LogP contribution in [-0.4, -0.2) is 46.2 Å². The van der Waals surface area contributed by atoms with Crippen molar-refractivity contribution in [1.29, 1.82) is 0 Å². The molecule has 3 aromatic rings. The highest BCUT2D eigenvalue weighted by Crippen LogP contribution is 2.25. The van der Waals surface area contributed by atoms with Gasteiger partial charge in [0.15, 0.2) is 6.04 Å². The lowest BCUT2D eigenvalue weighted by molar-refractivity contribution is -0.138. The van der Waals surface area contributed by atoms with Crippen LogP contribution in [0.1, 0.15) is 36.0 Å². The van der Waals surface area contributed by atoms with Crippen LogP contribution in [0.25, 0.3) is 0 Å². The van der Waals surface area contributed by atoms with E-state index in [0.717, 1.165) is 31.5 Å². The van der Waals surface area contributed by atoms with Gasteiger partial charge in [-0.3, -0.25) is 14.7 Å². The Kier molecular flexibility index (Phi) is 8.42. The molecule has 6 nitrogen and oxygen atoms in total. The van der Waals surface area contributed by atoms with Crippen molar-refractivity contribution in [3.63, 3.8) is 0 Å². The molecular formula is C30H31N3O3. The fourth-order valence-electron chi connectivity index (χ4n) is 4.56. The SMILES string of the molecule is C=CC[C@H](N=C(c1ccccc1)c1ccccc1NC(=O)C1CCCN1Cc1ccccc1)C(=O)O. The van der Waals surface area contributed by atoms with Crippen LogP contribution in [-0.2, 0) is 16.1 Å². The van der Waals surface area contributed by atoms with E-state index in [4.69, 9.17) is 0 Å². The van der Waals surface area contributed by atoms with E-state index in [-0.39, 0.29) is 18.4 Å². The Morgan fingerprint density at radius 3 is 2.39 bits per heavy atom. The molecule has 0 saturated carbocycles. The summed E-state index contributed by atoms with van der Waals surface area (Å²) in [6, 6.07) is 25.8. The molecule has 2 N–H and O–H groups in total. The lowest BCUT2D eigenvalue weighted by Gasteiger charge is -2.24. The second-order valence-electron chi connectivity index (χ2n) is 8.87. The van der Waals surface area contributed by atoms with E-state index >= 15 is 0 Å². The Labute approximate surface area is 212 Å². The molecule has 184 valence electrons. The molecule has 0 radical (unpaired) electrons. The van der Waals surface area contributed by atoms with Gasteiger partial charge in [0.25, 0.3) is 0 Å². The highest BCUT2D eigenvalue weighted by atomic mass is 16.4. The molecule has 1 saturated heterocycles. The van der Waals surface area contributed by atoms with Crippen molar-refractivity contribution in [3.8, 4) is 0 Å². The van der Waals surface area contributed by atoms with Gasteiger partial charge in [-0.05, 0) is 37.4 Å². The number of nitrogens with zero attached hydrogens (tertiary/aromatic N) is 2. The van der Waals surface area contributed by atoms with Crippen LogP contribution in [0.5, 0.6) is 0 Å². The summed E-state index contributed by atoms with van der Waals surface area (Å²) < 4.78 is 0. The molecule has 0 aromatic heterocycles. The average Bonchev–Trinajstić information content (AvgIpc) is 3.36. The summed E-state index contributed by atoms with van der Waals surface area (Å²) in [5.74, 6) is -1.09. The summed E-state index contributed by atoms with van der Waals surface area (Å²) in [4.78, 5) is 32.2. The summed E-state index contributed by atoms with van der Waals surface area (Å²) in [6.07, 6.45) is 3.52. The lowest BCUT2D eigenvalue weighted by atomic mass is 9.99. The summed E-state index contributed by atoms with van der Waals surface area (Å²) in [7, 11) is 0. The zero-order valence-corrected chi connectivity index (χ0v) is 20.2. The third-order valence-electron chi connectivity index (χ3n) is 6.34. The fourth-order valence-corrected chi connectivity index (χ4v) is 4.56. The summed E-state index contributed by atoms with van der Waals surface area (Å²) in [6.45, 7) is 5.27. The Morgan fingerprint density at radius 1 is 1.03 bits per heavy atom. The van der Waals surface area contributed by atoms with E-state index in [2.05, 4.69) is 33.9 Å². The van der Waals surface area contributed by atoms with Gasteiger partial charge < -0.3 is 10.4 Å². The quantitative estimate of drug-likeness (QED) is 0.310. The van der Waals surface area contributed by atoms with E-state index in [1.165, 1.54) is 5.56 Å². The van der Waals surface area contributed by atoms with Gasteiger partial charge in [0.1, 0.15) is 0 Å². The minimum atomic E-state index is -1.02. The molecular weight excluding hydrogens is 450 g/mol. The first kappa shape index (κ1) is 25.1. The average molecular weight is 482 g/mol. The number of likely N-dealkylation sites (tertiary alicyclic amines) is 1. The molecule has 1 aliphatic rings. The summed E-state index contributed by atoms with van der Waals surface area (Å²) in [5, 5.41) is 12.8. The van der Waals surface area contributed by atoms with Crippen molar-refractivity contribution in [1.82, 2.24) is 4.90 Å². The van der Waals surface area contributed by atoms with Crippen molar-refractivity contribution in [2.75, 3.05) is 11.9 Å². The maximum Gasteiger partial charge on any atom is 0.328 e. The van der Waals surface area contributed by atoms with Crippen LogP contribution in [0.2, 0.25) is 0 Å². The first-order chi connectivity index (χ1) is 17.6. The molecule has 1 heterocycles. The number of carbonyl (C=O) groups is 2. The minimum absolute atomic E-state index is 0.0656. The van der Waals surface area contributed by atoms with Crippen molar-refractivity contribution in [2.24, 2.45) is 4.99 Å². The highest BCUT2D eigenvalue weighted by molar-refractivity contribution is 6.17. The predicted molar refractivity (Wildman–Crippen MR) is 143 cm³/mol. The number of hydrogen-bond donors (Lipinski definition) is 2. The smallest absolute Gasteiger partial charge is 0.328 e. The van der Waals surface area contributed by atoms with E-state index in [1.807, 2.05) is 72.8 Å². The number of carboxylic acids is 1. The molecule has 2 atom stereocenters. The zero-order valence-electron chi connectivity index (χ0n) is 20.2. The number of rotatable bonds is 10. The van der Waals surface area contributed by atoms with Gasteiger partial charge in [-0.15, -0.1) is 6.58 Å². The highest BCUT2D eigenvalue weighted by Gasteiger charge is 2.31. The van der Waals surface area contributed by atoms with E-state index in [1.54, 1.807) is 6.08 Å². The molecule has 36 heavy (non-hydrogen) atoms. The maximum atomic E-state index is 13.5. The first-order valence-electron chi connectivity index (χ1n) is 12.2. The minimum Gasteiger partial charge on any atom is -0.480 e. The molecule has 0 spiro atoms. The predicted octanol–water partition coefficient (Wildman–Crippen LogP) is 5.16. The Morgan fingerprint density at radius 2 is 1.69 bits per heavy atom. The van der Waals surface area contributed by atoms with Crippen LogP contribution in [0.3, 0.4) is 0 Å². The van der Waals surface area contributed by atoms with Gasteiger partial charge in [0, 0.05) is 17.7 Å². The van der Waals surface area contributed by atoms with Gasteiger partial charge in [-0.2, -0.15) is 0 Å². The summed E-state index contributed by atoms with van der Waals surface area (Å²) >= 11 is 0. The fraction of sp³-hybridized carbons (Fsp3) is 0.233. The maximum absolute atomic E-state index is 13.5. The number of aliphatic carboxylic acids is 1. The molecule has 6 heteroatoms. The molecule has 1 aliphatic heterocycles.